The van der Waals surface area contributed by atoms with Gasteiger partial charge in [0, 0.05) is 25.3 Å². The Morgan fingerprint density at radius 2 is 1.94 bits per heavy atom. The van der Waals surface area contributed by atoms with E-state index in [1.54, 1.807) is 18.3 Å². The van der Waals surface area contributed by atoms with E-state index in [4.69, 9.17) is 0 Å². The minimum atomic E-state index is -0.407. The molecule has 2 heterocycles. The minimum Gasteiger partial charge on any atom is -0.338 e. The Morgan fingerprint density at radius 3 is 2.66 bits per heavy atom. The van der Waals surface area contributed by atoms with Crippen molar-refractivity contribution in [3.05, 3.63) is 77.4 Å². The number of hydrogen-bond acceptors (Lipinski definition) is 3. The minimum absolute atomic E-state index is 0.0269. The molecule has 35 heavy (non-hydrogen) atoms. The number of hydrogen-bond donors (Lipinski definition) is 2. The Hall–Kier alpha value is -3.68. The standard InChI is InChI=1S/C27H32FN5O2/c1-18(2)25-24(16-30-33(25)23-11-9-19(3)10-12-23)26(34)32-13-5-6-20(17-32)15-29-27(35)31-22-8-4-7-21(28)14-22/h4,7-12,14,16,18,20H,5-6,13,15,17H2,1-3H3,(H2,29,31,35). The SMILES string of the molecule is Cc1ccc(-n2ncc(C(=O)N3CCCC(CNC(=O)Nc4cccc(F)c4)C3)c2C(C)C)cc1. The summed E-state index contributed by atoms with van der Waals surface area (Å²) in [5.74, 6) is -0.177. The second-order valence-corrected chi connectivity index (χ2v) is 9.45. The number of likely N-dealkylation sites (tertiary alicyclic amines) is 1. The first-order valence-electron chi connectivity index (χ1n) is 12.1. The number of aryl methyl sites for hydroxylation is 1. The van der Waals surface area contributed by atoms with E-state index in [-0.39, 0.29) is 23.8 Å². The van der Waals surface area contributed by atoms with E-state index < -0.39 is 5.82 Å². The third-order valence-electron chi connectivity index (χ3n) is 6.30. The molecular weight excluding hydrogens is 445 g/mol. The van der Waals surface area contributed by atoms with E-state index in [0.29, 0.717) is 30.9 Å². The Kier molecular flexibility index (Phi) is 7.48. The Balaban J connectivity index is 1.41. The highest BCUT2D eigenvalue weighted by Gasteiger charge is 2.29. The molecule has 3 aromatic rings. The summed E-state index contributed by atoms with van der Waals surface area (Å²) < 4.78 is 15.2. The highest BCUT2D eigenvalue weighted by atomic mass is 19.1. The van der Waals surface area contributed by atoms with E-state index in [1.807, 2.05) is 40.8 Å². The van der Waals surface area contributed by atoms with Gasteiger partial charge in [0.1, 0.15) is 5.82 Å². The maximum atomic E-state index is 13.5. The molecule has 0 saturated carbocycles. The van der Waals surface area contributed by atoms with Crippen LogP contribution in [0.15, 0.2) is 54.7 Å². The van der Waals surface area contributed by atoms with Crippen LogP contribution in [0, 0.1) is 18.7 Å². The van der Waals surface area contributed by atoms with Gasteiger partial charge in [-0.2, -0.15) is 5.10 Å². The van der Waals surface area contributed by atoms with Crippen LogP contribution >= 0.6 is 0 Å². The molecule has 2 aromatic carbocycles. The lowest BCUT2D eigenvalue weighted by molar-refractivity contribution is 0.0673. The molecular formula is C27H32FN5O2. The van der Waals surface area contributed by atoms with Crippen molar-refractivity contribution in [3.63, 3.8) is 0 Å². The first-order chi connectivity index (χ1) is 16.8. The number of anilines is 1. The number of aromatic nitrogens is 2. The normalized spacial score (nSPS) is 15.8. The smallest absolute Gasteiger partial charge is 0.319 e. The molecule has 184 valence electrons. The second-order valence-electron chi connectivity index (χ2n) is 9.45. The van der Waals surface area contributed by atoms with Gasteiger partial charge in [0.05, 0.1) is 23.1 Å². The number of piperidine rings is 1. The fraction of sp³-hybridized carbons (Fsp3) is 0.370. The summed E-state index contributed by atoms with van der Waals surface area (Å²) in [4.78, 5) is 27.6. The molecule has 4 rings (SSSR count). The van der Waals surface area contributed by atoms with Crippen LogP contribution in [0.1, 0.15) is 54.2 Å². The highest BCUT2D eigenvalue weighted by molar-refractivity contribution is 5.95. The monoisotopic (exact) mass is 477 g/mol. The molecule has 0 aliphatic carbocycles. The number of nitrogens with one attached hydrogen (secondary N) is 2. The average molecular weight is 478 g/mol. The van der Waals surface area contributed by atoms with E-state index in [1.165, 1.54) is 17.7 Å². The number of amides is 3. The Labute approximate surface area is 205 Å². The van der Waals surface area contributed by atoms with Crippen LogP contribution < -0.4 is 10.6 Å². The fourth-order valence-electron chi connectivity index (χ4n) is 4.54. The summed E-state index contributed by atoms with van der Waals surface area (Å²) in [5.41, 5.74) is 4.02. The van der Waals surface area contributed by atoms with Crippen LogP contribution in [0.5, 0.6) is 0 Å². The summed E-state index contributed by atoms with van der Waals surface area (Å²) in [6.45, 7) is 7.85. The molecule has 8 heteroatoms. The van der Waals surface area contributed by atoms with Crippen molar-refractivity contribution in [2.24, 2.45) is 5.92 Å². The largest absolute Gasteiger partial charge is 0.338 e. The topological polar surface area (TPSA) is 79.3 Å². The zero-order chi connectivity index (χ0) is 24.9. The van der Waals surface area contributed by atoms with Crippen molar-refractivity contribution in [2.75, 3.05) is 25.0 Å². The van der Waals surface area contributed by atoms with Crippen LogP contribution in [-0.2, 0) is 0 Å². The van der Waals surface area contributed by atoms with Crippen LogP contribution in [0.25, 0.3) is 5.69 Å². The second kappa shape index (κ2) is 10.7. The van der Waals surface area contributed by atoms with Gasteiger partial charge < -0.3 is 15.5 Å². The third-order valence-corrected chi connectivity index (χ3v) is 6.30. The molecule has 3 amide bonds. The quantitative estimate of drug-likeness (QED) is 0.517. The lowest BCUT2D eigenvalue weighted by Gasteiger charge is -2.33. The first kappa shape index (κ1) is 24.4. The van der Waals surface area contributed by atoms with Gasteiger partial charge in [-0.15, -0.1) is 0 Å². The van der Waals surface area contributed by atoms with Crippen LogP contribution in [0.2, 0.25) is 0 Å². The molecule has 2 N–H and O–H groups in total. The lowest BCUT2D eigenvalue weighted by Crippen LogP contribution is -2.44. The molecule has 1 aliphatic rings. The number of halogens is 1. The molecule has 1 atom stereocenters. The van der Waals surface area contributed by atoms with Gasteiger partial charge in [0.2, 0.25) is 0 Å². The van der Waals surface area contributed by atoms with Gasteiger partial charge in [-0.05, 0) is 61.9 Å². The molecule has 0 bridgehead atoms. The zero-order valence-electron chi connectivity index (χ0n) is 20.4. The number of nitrogens with zero attached hydrogens (tertiary/aromatic N) is 3. The Bertz CT molecular complexity index is 1190. The van der Waals surface area contributed by atoms with Crippen molar-refractivity contribution < 1.29 is 14.0 Å². The third kappa shape index (κ3) is 5.88. The summed E-state index contributed by atoms with van der Waals surface area (Å²) in [6.07, 6.45) is 3.46. The first-order valence-corrected chi connectivity index (χ1v) is 12.1. The van der Waals surface area contributed by atoms with E-state index in [9.17, 15) is 14.0 Å². The molecule has 1 unspecified atom stereocenters. The molecule has 1 aromatic heterocycles. The average Bonchev–Trinajstić information content (AvgIpc) is 3.28. The molecule has 0 spiro atoms. The number of rotatable bonds is 6. The lowest BCUT2D eigenvalue weighted by atomic mass is 9.96. The predicted octanol–water partition coefficient (Wildman–Crippen LogP) is 5.12. The van der Waals surface area contributed by atoms with Crippen molar-refractivity contribution in [1.82, 2.24) is 20.0 Å². The van der Waals surface area contributed by atoms with Crippen molar-refractivity contribution in [1.29, 1.82) is 0 Å². The maximum absolute atomic E-state index is 13.5. The molecule has 1 saturated heterocycles. The zero-order valence-corrected chi connectivity index (χ0v) is 20.4. The molecule has 7 nitrogen and oxygen atoms in total. The number of carbonyl (C=O) groups excluding carboxylic acids is 2. The van der Waals surface area contributed by atoms with E-state index in [0.717, 1.165) is 24.2 Å². The van der Waals surface area contributed by atoms with Crippen LogP contribution in [0.4, 0.5) is 14.9 Å². The number of benzene rings is 2. The van der Waals surface area contributed by atoms with Crippen LogP contribution in [0.3, 0.4) is 0 Å². The summed E-state index contributed by atoms with van der Waals surface area (Å²) in [5, 5.41) is 10.0. The van der Waals surface area contributed by atoms with Gasteiger partial charge in [-0.25, -0.2) is 13.9 Å². The van der Waals surface area contributed by atoms with Gasteiger partial charge >= 0.3 is 6.03 Å². The molecule has 1 fully saturated rings. The number of urea groups is 1. The Morgan fingerprint density at radius 1 is 1.17 bits per heavy atom. The van der Waals surface area contributed by atoms with Crippen molar-refractivity contribution in [2.45, 2.75) is 39.5 Å². The van der Waals surface area contributed by atoms with E-state index in [2.05, 4.69) is 29.6 Å². The number of carbonyl (C=O) groups is 2. The van der Waals surface area contributed by atoms with Gasteiger partial charge in [0.25, 0.3) is 5.91 Å². The van der Waals surface area contributed by atoms with Gasteiger partial charge in [-0.1, -0.05) is 37.6 Å². The maximum Gasteiger partial charge on any atom is 0.319 e. The summed E-state index contributed by atoms with van der Waals surface area (Å²) >= 11 is 0. The van der Waals surface area contributed by atoms with Crippen molar-refractivity contribution in [3.8, 4) is 5.69 Å². The fourth-order valence-corrected chi connectivity index (χ4v) is 4.54. The molecule has 1 aliphatic heterocycles. The van der Waals surface area contributed by atoms with E-state index >= 15 is 0 Å². The predicted molar refractivity (Wildman–Crippen MR) is 134 cm³/mol. The van der Waals surface area contributed by atoms with Crippen LogP contribution in [-0.4, -0.2) is 46.3 Å². The summed E-state index contributed by atoms with van der Waals surface area (Å²) in [7, 11) is 0. The summed E-state index contributed by atoms with van der Waals surface area (Å²) in [6, 6.07) is 13.5. The highest BCUT2D eigenvalue weighted by Crippen LogP contribution is 2.26. The molecule has 0 radical (unpaired) electrons. The van der Waals surface area contributed by atoms with Gasteiger partial charge in [-0.3, -0.25) is 4.79 Å². The van der Waals surface area contributed by atoms with Crippen molar-refractivity contribution >= 4 is 17.6 Å². The van der Waals surface area contributed by atoms with Gasteiger partial charge in [0.15, 0.2) is 0 Å².